The number of hydrogen-bond donors (Lipinski definition) is 1. The molecule has 0 radical (unpaired) electrons. The molecule has 30 heavy (non-hydrogen) atoms. The Hall–Kier alpha value is -2.31. The highest BCUT2D eigenvalue weighted by atomic mass is 32.1. The third-order valence-electron chi connectivity index (χ3n) is 6.44. The fourth-order valence-corrected chi connectivity index (χ4v) is 5.80. The Morgan fingerprint density at radius 2 is 1.93 bits per heavy atom. The van der Waals surface area contributed by atoms with Crippen molar-refractivity contribution in [2.75, 3.05) is 6.54 Å². The van der Waals surface area contributed by atoms with Crippen LogP contribution in [0.3, 0.4) is 0 Å². The average molecular weight is 421 g/mol. The summed E-state index contributed by atoms with van der Waals surface area (Å²) in [6, 6.07) is 10.3. The van der Waals surface area contributed by atoms with Gasteiger partial charge in [-0.3, -0.25) is 9.69 Å². The molecule has 0 atom stereocenters. The van der Waals surface area contributed by atoms with E-state index in [1.807, 2.05) is 18.2 Å². The van der Waals surface area contributed by atoms with Crippen molar-refractivity contribution in [3.63, 3.8) is 0 Å². The highest BCUT2D eigenvalue weighted by Crippen LogP contribution is 2.32. The highest BCUT2D eigenvalue weighted by molar-refractivity contribution is 7.15. The van der Waals surface area contributed by atoms with Gasteiger partial charge in [-0.25, -0.2) is 9.97 Å². The Bertz CT molecular complexity index is 1080. The highest BCUT2D eigenvalue weighted by Gasteiger charge is 2.25. The van der Waals surface area contributed by atoms with Crippen molar-refractivity contribution in [2.45, 2.75) is 64.5 Å². The molecule has 1 saturated carbocycles. The lowest BCUT2D eigenvalue weighted by atomic mass is 9.88. The van der Waals surface area contributed by atoms with Crippen LogP contribution in [0.4, 0.5) is 0 Å². The van der Waals surface area contributed by atoms with Crippen LogP contribution < -0.4 is 5.56 Å². The standard InChI is InChI=1S/C24H28N4OS/c1-16-21(30-24(25-16)18-10-6-3-7-11-18)15-28-13-12-20-19(14-28)23(29)27-22(26-20)17-8-4-2-5-9-17/h3,6-7,10-11,17H,2,4-5,8-9,12-15H2,1H3,(H,26,27,29). The van der Waals surface area contributed by atoms with Crippen molar-refractivity contribution in [3.05, 3.63) is 68.3 Å². The van der Waals surface area contributed by atoms with Gasteiger partial charge in [0, 0.05) is 42.4 Å². The van der Waals surface area contributed by atoms with Gasteiger partial charge < -0.3 is 4.98 Å². The average Bonchev–Trinajstić information content (AvgIpc) is 3.15. The number of thiazole rings is 1. The fourth-order valence-electron chi connectivity index (χ4n) is 4.69. The molecule has 1 aliphatic heterocycles. The molecule has 1 fully saturated rings. The molecule has 0 saturated heterocycles. The van der Waals surface area contributed by atoms with Crippen LogP contribution in [0.1, 0.15) is 65.7 Å². The zero-order chi connectivity index (χ0) is 20.5. The Labute approximate surface area is 181 Å². The molecular formula is C24H28N4OS. The van der Waals surface area contributed by atoms with Gasteiger partial charge in [0.25, 0.3) is 5.56 Å². The Balaban J connectivity index is 1.33. The van der Waals surface area contributed by atoms with E-state index >= 15 is 0 Å². The Morgan fingerprint density at radius 3 is 2.73 bits per heavy atom. The van der Waals surface area contributed by atoms with Crippen molar-refractivity contribution >= 4 is 11.3 Å². The number of nitrogens with zero attached hydrogens (tertiary/aromatic N) is 3. The van der Waals surface area contributed by atoms with Crippen molar-refractivity contribution in [1.29, 1.82) is 0 Å². The van der Waals surface area contributed by atoms with Gasteiger partial charge in [0.1, 0.15) is 10.8 Å². The van der Waals surface area contributed by atoms with Crippen molar-refractivity contribution < 1.29 is 0 Å². The summed E-state index contributed by atoms with van der Waals surface area (Å²) in [4.78, 5) is 29.3. The number of aromatic amines is 1. The lowest BCUT2D eigenvalue weighted by molar-refractivity contribution is 0.242. The first-order valence-electron chi connectivity index (χ1n) is 11.0. The summed E-state index contributed by atoms with van der Waals surface area (Å²) in [6.07, 6.45) is 6.97. The Morgan fingerprint density at radius 1 is 1.13 bits per heavy atom. The van der Waals surface area contributed by atoms with Gasteiger partial charge in [0.15, 0.2) is 0 Å². The molecule has 2 aliphatic rings. The largest absolute Gasteiger partial charge is 0.310 e. The summed E-state index contributed by atoms with van der Waals surface area (Å²) < 4.78 is 0. The van der Waals surface area contributed by atoms with Crippen LogP contribution >= 0.6 is 11.3 Å². The number of benzene rings is 1. The minimum Gasteiger partial charge on any atom is -0.310 e. The first kappa shape index (κ1) is 19.6. The van der Waals surface area contributed by atoms with Crippen LogP contribution in [0.5, 0.6) is 0 Å². The second kappa shape index (κ2) is 8.44. The first-order chi connectivity index (χ1) is 14.7. The third-order valence-corrected chi connectivity index (χ3v) is 7.63. The lowest BCUT2D eigenvalue weighted by Gasteiger charge is -2.28. The van der Waals surface area contributed by atoms with Crippen molar-refractivity contribution in [1.82, 2.24) is 19.9 Å². The maximum absolute atomic E-state index is 12.8. The SMILES string of the molecule is Cc1nc(-c2ccccc2)sc1CN1CCc2nc(C3CCCCC3)[nH]c(=O)c2C1. The smallest absolute Gasteiger partial charge is 0.255 e. The summed E-state index contributed by atoms with van der Waals surface area (Å²) in [5, 5.41) is 1.07. The van der Waals surface area contributed by atoms with Gasteiger partial charge in [0.2, 0.25) is 0 Å². The van der Waals surface area contributed by atoms with Crippen LogP contribution in [0.2, 0.25) is 0 Å². The second-order valence-corrected chi connectivity index (χ2v) is 9.65. The molecule has 1 aromatic carbocycles. The molecule has 2 aromatic heterocycles. The third kappa shape index (κ3) is 3.98. The second-order valence-electron chi connectivity index (χ2n) is 8.57. The van der Waals surface area contributed by atoms with Crippen LogP contribution in [-0.2, 0) is 19.5 Å². The minimum absolute atomic E-state index is 0.0660. The van der Waals surface area contributed by atoms with E-state index in [1.54, 1.807) is 11.3 Å². The maximum atomic E-state index is 12.8. The molecule has 5 rings (SSSR count). The molecular weight excluding hydrogens is 392 g/mol. The minimum atomic E-state index is 0.0660. The van der Waals surface area contributed by atoms with E-state index in [9.17, 15) is 4.79 Å². The molecule has 1 aliphatic carbocycles. The van der Waals surface area contributed by atoms with Gasteiger partial charge in [-0.1, -0.05) is 49.6 Å². The molecule has 3 aromatic rings. The number of aryl methyl sites for hydroxylation is 1. The maximum Gasteiger partial charge on any atom is 0.255 e. The molecule has 0 amide bonds. The van der Waals surface area contributed by atoms with Crippen LogP contribution in [0.25, 0.3) is 10.6 Å². The summed E-state index contributed by atoms with van der Waals surface area (Å²) in [5.74, 6) is 1.36. The lowest BCUT2D eigenvalue weighted by Crippen LogP contribution is -2.36. The Kier molecular flexibility index (Phi) is 5.52. The molecule has 0 spiro atoms. The topological polar surface area (TPSA) is 61.9 Å². The number of rotatable bonds is 4. The summed E-state index contributed by atoms with van der Waals surface area (Å²) in [6.45, 7) is 4.52. The number of H-pyrrole nitrogens is 1. The van der Waals surface area contributed by atoms with Gasteiger partial charge in [-0.15, -0.1) is 11.3 Å². The summed E-state index contributed by atoms with van der Waals surface area (Å²) in [5.41, 5.74) is 4.19. The molecule has 1 N–H and O–H groups in total. The zero-order valence-electron chi connectivity index (χ0n) is 17.5. The predicted molar refractivity (Wildman–Crippen MR) is 121 cm³/mol. The zero-order valence-corrected chi connectivity index (χ0v) is 18.3. The number of fused-ring (bicyclic) bond motifs is 1. The molecule has 156 valence electrons. The van der Waals surface area contributed by atoms with Crippen LogP contribution in [-0.4, -0.2) is 26.4 Å². The van der Waals surface area contributed by atoms with Gasteiger partial charge in [0.05, 0.1) is 17.0 Å². The molecule has 0 unspecified atom stereocenters. The van der Waals surface area contributed by atoms with Gasteiger partial charge >= 0.3 is 0 Å². The van der Waals surface area contributed by atoms with Crippen molar-refractivity contribution in [3.8, 4) is 10.6 Å². The first-order valence-corrected chi connectivity index (χ1v) is 11.8. The van der Waals surface area contributed by atoms with E-state index in [2.05, 4.69) is 28.9 Å². The molecule has 5 nitrogen and oxygen atoms in total. The van der Waals surface area contributed by atoms with Gasteiger partial charge in [-0.05, 0) is 19.8 Å². The van der Waals surface area contributed by atoms with E-state index in [-0.39, 0.29) is 5.56 Å². The summed E-state index contributed by atoms with van der Waals surface area (Å²) in [7, 11) is 0. The monoisotopic (exact) mass is 420 g/mol. The van der Waals surface area contributed by atoms with E-state index in [1.165, 1.54) is 24.1 Å². The summed E-state index contributed by atoms with van der Waals surface area (Å²) >= 11 is 1.76. The van der Waals surface area contributed by atoms with E-state index in [0.29, 0.717) is 12.5 Å². The fraction of sp³-hybridized carbons (Fsp3) is 0.458. The predicted octanol–water partition coefficient (Wildman–Crippen LogP) is 4.81. The number of nitrogens with one attached hydrogen (secondary N) is 1. The quantitative estimate of drug-likeness (QED) is 0.658. The number of aromatic nitrogens is 3. The molecule has 6 heteroatoms. The van der Waals surface area contributed by atoms with E-state index < -0.39 is 0 Å². The van der Waals surface area contributed by atoms with Gasteiger partial charge in [-0.2, -0.15) is 0 Å². The normalized spacial score (nSPS) is 17.8. The molecule has 0 bridgehead atoms. The molecule has 3 heterocycles. The van der Waals surface area contributed by atoms with Crippen molar-refractivity contribution in [2.24, 2.45) is 0 Å². The van der Waals surface area contributed by atoms with E-state index in [4.69, 9.17) is 9.97 Å². The van der Waals surface area contributed by atoms with Crippen LogP contribution in [0, 0.1) is 6.92 Å². The van der Waals surface area contributed by atoms with Crippen LogP contribution in [0.15, 0.2) is 35.1 Å². The van der Waals surface area contributed by atoms with E-state index in [0.717, 1.165) is 65.7 Å². The number of hydrogen-bond acceptors (Lipinski definition) is 5.